The van der Waals surface area contributed by atoms with Gasteiger partial charge in [0, 0.05) is 12.1 Å². The van der Waals surface area contributed by atoms with E-state index in [0.29, 0.717) is 0 Å². The van der Waals surface area contributed by atoms with Crippen LogP contribution in [0.4, 0.5) is 10.1 Å². The Labute approximate surface area is 94.8 Å². The van der Waals surface area contributed by atoms with Gasteiger partial charge in [-0.05, 0) is 45.2 Å². The first kappa shape index (κ1) is 10.1. The number of benzene rings is 1. The molecule has 0 saturated carbocycles. The Morgan fingerprint density at radius 1 is 1.33 bits per heavy atom. The number of non-ortho nitro benzene ring substituents is 1. The number of nitrogens with zero attached hydrogens (tertiary/aromatic N) is 1. The van der Waals surface area contributed by atoms with E-state index in [-0.39, 0.29) is 12.8 Å². The molecule has 0 radical (unpaired) electrons. The predicted octanol–water partition coefficient (Wildman–Crippen LogP) is 2.94. The molecular formula is C6H2FI2NO2. The average molecular weight is 393 g/mol. The third-order valence-electron chi connectivity index (χ3n) is 1.18. The lowest BCUT2D eigenvalue weighted by Gasteiger charge is -1.97. The van der Waals surface area contributed by atoms with Crippen molar-refractivity contribution in [2.45, 2.75) is 0 Å². The van der Waals surface area contributed by atoms with E-state index in [4.69, 9.17) is 0 Å². The van der Waals surface area contributed by atoms with E-state index in [2.05, 4.69) is 0 Å². The van der Waals surface area contributed by atoms with Crippen LogP contribution < -0.4 is 0 Å². The molecule has 0 bridgehead atoms. The van der Waals surface area contributed by atoms with Crippen LogP contribution >= 0.6 is 45.2 Å². The van der Waals surface area contributed by atoms with Crippen LogP contribution in [0.5, 0.6) is 0 Å². The summed E-state index contributed by atoms with van der Waals surface area (Å²) in [6.45, 7) is 0. The summed E-state index contributed by atoms with van der Waals surface area (Å²) in [7, 11) is 0. The summed E-state index contributed by atoms with van der Waals surface area (Å²) >= 11 is 3.45. The lowest BCUT2D eigenvalue weighted by Crippen LogP contribution is -1.93. The highest BCUT2D eigenvalue weighted by atomic mass is 127. The molecule has 12 heavy (non-hydrogen) atoms. The van der Waals surface area contributed by atoms with Gasteiger partial charge in [-0.3, -0.25) is 10.1 Å². The second kappa shape index (κ2) is 3.81. The monoisotopic (exact) mass is 393 g/mol. The largest absolute Gasteiger partial charge is 0.271 e. The first-order valence-electron chi connectivity index (χ1n) is 2.81. The van der Waals surface area contributed by atoms with Crippen LogP contribution in [-0.2, 0) is 0 Å². The molecule has 0 N–H and O–H groups in total. The summed E-state index contributed by atoms with van der Waals surface area (Å²) in [6, 6.07) is 2.41. The van der Waals surface area contributed by atoms with Crippen molar-refractivity contribution in [1.29, 1.82) is 0 Å². The van der Waals surface area contributed by atoms with Crippen molar-refractivity contribution in [1.82, 2.24) is 0 Å². The zero-order chi connectivity index (χ0) is 9.30. The number of nitro groups is 1. The molecule has 0 amide bonds. The molecule has 0 aliphatic heterocycles. The quantitative estimate of drug-likeness (QED) is 0.319. The molecule has 0 aromatic heterocycles. The molecule has 0 spiro atoms. The topological polar surface area (TPSA) is 43.1 Å². The van der Waals surface area contributed by atoms with E-state index in [1.54, 1.807) is 45.2 Å². The summed E-state index contributed by atoms with van der Waals surface area (Å²) in [5, 5.41) is 10.3. The zero-order valence-electron chi connectivity index (χ0n) is 5.55. The standard InChI is InChI=1S/C6H2FI2NO2/c7-6-4(8)1-3(10(11)12)2-5(6)9/h1-2H. The molecule has 0 aliphatic carbocycles. The van der Waals surface area contributed by atoms with Gasteiger partial charge in [0.2, 0.25) is 0 Å². The summed E-state index contributed by atoms with van der Waals surface area (Å²) in [4.78, 5) is 9.76. The third-order valence-corrected chi connectivity index (χ3v) is 2.75. The van der Waals surface area contributed by atoms with Crippen molar-refractivity contribution < 1.29 is 9.31 Å². The van der Waals surface area contributed by atoms with E-state index < -0.39 is 10.7 Å². The first-order valence-corrected chi connectivity index (χ1v) is 4.97. The van der Waals surface area contributed by atoms with Crippen LogP contribution in [0.3, 0.4) is 0 Å². The van der Waals surface area contributed by atoms with Gasteiger partial charge in [0.05, 0.1) is 12.1 Å². The van der Waals surface area contributed by atoms with Gasteiger partial charge in [-0.2, -0.15) is 0 Å². The Kier molecular flexibility index (Phi) is 3.21. The molecule has 0 unspecified atom stereocenters. The smallest absolute Gasteiger partial charge is 0.258 e. The summed E-state index contributed by atoms with van der Waals surface area (Å²) in [5.41, 5.74) is -0.0785. The minimum Gasteiger partial charge on any atom is -0.258 e. The van der Waals surface area contributed by atoms with Gasteiger partial charge in [-0.25, -0.2) is 4.39 Å². The van der Waals surface area contributed by atoms with Crippen LogP contribution in [0.2, 0.25) is 0 Å². The maximum atomic E-state index is 12.9. The molecule has 6 heteroatoms. The number of nitro benzene ring substituents is 1. The van der Waals surface area contributed by atoms with Gasteiger partial charge in [-0.1, -0.05) is 0 Å². The van der Waals surface area contributed by atoms with Gasteiger partial charge in [0.15, 0.2) is 0 Å². The number of halogens is 3. The van der Waals surface area contributed by atoms with Gasteiger partial charge in [0.1, 0.15) is 5.82 Å². The highest BCUT2D eigenvalue weighted by Gasteiger charge is 2.12. The minimum absolute atomic E-state index is 0.0785. The van der Waals surface area contributed by atoms with Crippen molar-refractivity contribution >= 4 is 50.9 Å². The molecule has 64 valence electrons. The second-order valence-electron chi connectivity index (χ2n) is 1.98. The van der Waals surface area contributed by atoms with Crippen molar-refractivity contribution in [3.05, 3.63) is 35.2 Å². The number of rotatable bonds is 1. The zero-order valence-corrected chi connectivity index (χ0v) is 9.87. The van der Waals surface area contributed by atoms with E-state index in [0.717, 1.165) is 0 Å². The van der Waals surface area contributed by atoms with E-state index in [1.165, 1.54) is 12.1 Å². The molecule has 1 aromatic carbocycles. The normalized spacial score (nSPS) is 9.92. The molecule has 1 aromatic rings. The Balaban J connectivity index is 3.31. The van der Waals surface area contributed by atoms with E-state index >= 15 is 0 Å². The van der Waals surface area contributed by atoms with E-state index in [1.807, 2.05) is 0 Å². The Morgan fingerprint density at radius 3 is 2.08 bits per heavy atom. The molecule has 3 nitrogen and oxygen atoms in total. The highest BCUT2D eigenvalue weighted by molar-refractivity contribution is 14.1. The number of hydrogen-bond donors (Lipinski definition) is 0. The lowest BCUT2D eigenvalue weighted by atomic mass is 10.3. The molecule has 0 aliphatic rings. The maximum absolute atomic E-state index is 12.9. The Bertz CT molecular complexity index is 319. The first-order chi connectivity index (χ1) is 5.52. The van der Waals surface area contributed by atoms with Crippen molar-refractivity contribution in [3.8, 4) is 0 Å². The third kappa shape index (κ3) is 2.03. The van der Waals surface area contributed by atoms with Crippen LogP contribution in [0.25, 0.3) is 0 Å². The molecular weight excluding hydrogens is 391 g/mol. The molecule has 0 heterocycles. The van der Waals surface area contributed by atoms with Crippen molar-refractivity contribution in [3.63, 3.8) is 0 Å². The molecule has 0 saturated heterocycles. The highest BCUT2D eigenvalue weighted by Crippen LogP contribution is 2.23. The van der Waals surface area contributed by atoms with Crippen LogP contribution in [0.15, 0.2) is 12.1 Å². The van der Waals surface area contributed by atoms with E-state index in [9.17, 15) is 14.5 Å². The summed E-state index contributed by atoms with van der Waals surface area (Å²) in [6.07, 6.45) is 0. The average Bonchev–Trinajstić information content (AvgIpc) is 1.99. The van der Waals surface area contributed by atoms with Crippen LogP contribution in [-0.4, -0.2) is 4.92 Å². The van der Waals surface area contributed by atoms with Crippen LogP contribution in [0, 0.1) is 23.1 Å². The fourth-order valence-electron chi connectivity index (χ4n) is 0.648. The van der Waals surface area contributed by atoms with Gasteiger partial charge < -0.3 is 0 Å². The van der Waals surface area contributed by atoms with Gasteiger partial charge >= 0.3 is 0 Å². The molecule has 0 atom stereocenters. The number of hydrogen-bond acceptors (Lipinski definition) is 2. The van der Waals surface area contributed by atoms with Gasteiger partial charge in [-0.15, -0.1) is 0 Å². The van der Waals surface area contributed by atoms with Crippen molar-refractivity contribution in [2.75, 3.05) is 0 Å². The molecule has 1 rings (SSSR count). The fourth-order valence-corrected chi connectivity index (χ4v) is 2.38. The fraction of sp³-hybridized carbons (Fsp3) is 0. The summed E-state index contributed by atoms with van der Waals surface area (Å²) in [5.74, 6) is -0.401. The Morgan fingerprint density at radius 2 is 1.75 bits per heavy atom. The Hall–Kier alpha value is 0.01000. The molecule has 0 fully saturated rings. The lowest BCUT2D eigenvalue weighted by molar-refractivity contribution is -0.385. The SMILES string of the molecule is O=[N+]([O-])c1cc(I)c(F)c(I)c1. The predicted molar refractivity (Wildman–Crippen MR) is 58.5 cm³/mol. The van der Waals surface area contributed by atoms with Crippen molar-refractivity contribution in [2.24, 2.45) is 0 Å². The van der Waals surface area contributed by atoms with Crippen LogP contribution in [0.1, 0.15) is 0 Å². The van der Waals surface area contributed by atoms with Gasteiger partial charge in [0.25, 0.3) is 5.69 Å². The second-order valence-corrected chi connectivity index (χ2v) is 4.30. The summed E-state index contributed by atoms with van der Waals surface area (Å²) < 4.78 is 13.5. The maximum Gasteiger partial charge on any atom is 0.271 e. The minimum atomic E-state index is -0.538.